The zero-order valence-corrected chi connectivity index (χ0v) is 14.3. The van der Waals surface area contributed by atoms with Gasteiger partial charge in [-0.3, -0.25) is 0 Å². The highest BCUT2D eigenvalue weighted by atomic mass is 16.5. The summed E-state index contributed by atoms with van der Waals surface area (Å²) < 4.78 is 5.71. The van der Waals surface area contributed by atoms with Crippen LogP contribution in [0.1, 0.15) is 52.4 Å². The molecular formula is C20H27N2O. The Bertz CT molecular complexity index is 539. The van der Waals surface area contributed by atoms with Crippen molar-refractivity contribution in [1.29, 1.82) is 0 Å². The lowest BCUT2D eigenvalue weighted by Gasteiger charge is -2.08. The van der Waals surface area contributed by atoms with Crippen molar-refractivity contribution in [2.45, 2.75) is 52.4 Å². The molecule has 0 aliphatic heterocycles. The number of nitrogens with zero attached hydrogens (tertiary/aromatic N) is 2. The van der Waals surface area contributed by atoms with E-state index in [1.807, 2.05) is 24.3 Å². The Hall–Kier alpha value is -1.90. The second-order valence-electron chi connectivity index (χ2n) is 6.10. The van der Waals surface area contributed by atoms with E-state index in [0.29, 0.717) is 0 Å². The lowest BCUT2D eigenvalue weighted by Crippen LogP contribution is -1.99. The Morgan fingerprint density at radius 3 is 2.43 bits per heavy atom. The third kappa shape index (κ3) is 6.39. The zero-order valence-electron chi connectivity index (χ0n) is 14.3. The van der Waals surface area contributed by atoms with E-state index in [-0.39, 0.29) is 0 Å². The van der Waals surface area contributed by atoms with Crippen LogP contribution in [0.15, 0.2) is 36.7 Å². The van der Waals surface area contributed by atoms with Crippen molar-refractivity contribution in [2.75, 3.05) is 6.61 Å². The minimum atomic E-state index is 0.719. The molecule has 1 atom stereocenters. The van der Waals surface area contributed by atoms with Crippen molar-refractivity contribution < 1.29 is 4.74 Å². The molecule has 0 fully saturated rings. The molecule has 0 aliphatic rings. The van der Waals surface area contributed by atoms with Crippen LogP contribution in [0.4, 0.5) is 0 Å². The molecule has 3 heteroatoms. The lowest BCUT2D eigenvalue weighted by atomic mass is 10.0. The molecule has 0 N–H and O–H groups in total. The summed E-state index contributed by atoms with van der Waals surface area (Å²) in [5, 5.41) is 0. The van der Waals surface area contributed by atoms with E-state index in [0.717, 1.165) is 36.1 Å². The number of unbranched alkanes of at least 4 members (excludes halogenated alkanes) is 3. The van der Waals surface area contributed by atoms with Crippen LogP contribution in [-0.2, 0) is 0 Å². The van der Waals surface area contributed by atoms with Gasteiger partial charge in [0.25, 0.3) is 0 Å². The Labute approximate surface area is 140 Å². The Morgan fingerprint density at radius 1 is 1.04 bits per heavy atom. The summed E-state index contributed by atoms with van der Waals surface area (Å²) in [5.74, 6) is 2.33. The monoisotopic (exact) mass is 311 g/mol. The van der Waals surface area contributed by atoms with Crippen LogP contribution in [0.5, 0.6) is 5.75 Å². The summed E-state index contributed by atoms with van der Waals surface area (Å²) in [7, 11) is 0. The number of benzene rings is 1. The first-order chi connectivity index (χ1) is 11.3. The summed E-state index contributed by atoms with van der Waals surface area (Å²) in [6.07, 6.45) is 11.1. The number of rotatable bonds is 10. The Balaban J connectivity index is 1.63. The highest BCUT2D eigenvalue weighted by Crippen LogP contribution is 2.16. The van der Waals surface area contributed by atoms with Crippen molar-refractivity contribution in [1.82, 2.24) is 9.97 Å². The summed E-state index contributed by atoms with van der Waals surface area (Å²) in [4.78, 5) is 8.71. The molecular weight excluding hydrogens is 284 g/mol. The lowest BCUT2D eigenvalue weighted by molar-refractivity contribution is 0.301. The second-order valence-corrected chi connectivity index (χ2v) is 6.10. The van der Waals surface area contributed by atoms with E-state index in [2.05, 4.69) is 29.9 Å². The highest BCUT2D eigenvalue weighted by Gasteiger charge is 2.02. The zero-order chi connectivity index (χ0) is 16.3. The number of hydrogen-bond donors (Lipinski definition) is 0. The van der Waals surface area contributed by atoms with Crippen LogP contribution in [0.25, 0.3) is 11.4 Å². The van der Waals surface area contributed by atoms with Crippen molar-refractivity contribution in [2.24, 2.45) is 5.92 Å². The molecule has 1 aromatic carbocycles. The van der Waals surface area contributed by atoms with E-state index in [1.165, 1.54) is 32.1 Å². The van der Waals surface area contributed by atoms with E-state index < -0.39 is 0 Å². The molecule has 0 saturated carbocycles. The van der Waals surface area contributed by atoms with Crippen LogP contribution in [-0.4, -0.2) is 16.6 Å². The smallest absolute Gasteiger partial charge is 0.159 e. The molecule has 2 rings (SSSR count). The van der Waals surface area contributed by atoms with Crippen LogP contribution < -0.4 is 4.74 Å². The normalized spacial score (nSPS) is 12.1. The number of hydrogen-bond acceptors (Lipinski definition) is 3. The van der Waals surface area contributed by atoms with E-state index >= 15 is 0 Å². The summed E-state index contributed by atoms with van der Waals surface area (Å²) >= 11 is 0. The maximum atomic E-state index is 5.71. The van der Waals surface area contributed by atoms with Crippen LogP contribution in [0, 0.1) is 12.0 Å². The van der Waals surface area contributed by atoms with Crippen molar-refractivity contribution in [3.63, 3.8) is 0 Å². The molecule has 0 amide bonds. The van der Waals surface area contributed by atoms with Gasteiger partial charge < -0.3 is 4.74 Å². The summed E-state index contributed by atoms with van der Waals surface area (Å²) in [6.45, 7) is 5.34. The molecule has 0 unspecified atom stereocenters. The highest BCUT2D eigenvalue weighted by molar-refractivity contribution is 5.54. The summed E-state index contributed by atoms with van der Waals surface area (Å²) in [6, 6.07) is 10.6. The van der Waals surface area contributed by atoms with Gasteiger partial charge in [0.2, 0.25) is 0 Å². The molecule has 3 nitrogen and oxygen atoms in total. The van der Waals surface area contributed by atoms with Crippen LogP contribution in [0.3, 0.4) is 0 Å². The third-order valence-corrected chi connectivity index (χ3v) is 4.16. The van der Waals surface area contributed by atoms with Gasteiger partial charge in [-0.1, -0.05) is 70.2 Å². The molecule has 2 aromatic rings. The van der Waals surface area contributed by atoms with E-state index in [4.69, 9.17) is 4.74 Å². The Kier molecular flexibility index (Phi) is 7.58. The SMILES string of the molecule is CC[C@H](C)CCCCCCOc1cnc(-c2cc[c]cc2)nc1. The van der Waals surface area contributed by atoms with Gasteiger partial charge in [-0.05, 0) is 18.4 Å². The van der Waals surface area contributed by atoms with Gasteiger partial charge in [0.1, 0.15) is 0 Å². The first-order valence-electron chi connectivity index (χ1n) is 8.71. The quantitative estimate of drug-likeness (QED) is 0.557. The topological polar surface area (TPSA) is 35.0 Å². The predicted molar refractivity (Wildman–Crippen MR) is 94.3 cm³/mol. The fourth-order valence-electron chi connectivity index (χ4n) is 2.42. The average molecular weight is 311 g/mol. The Morgan fingerprint density at radius 2 is 1.74 bits per heavy atom. The largest absolute Gasteiger partial charge is 0.490 e. The maximum absolute atomic E-state index is 5.71. The minimum absolute atomic E-state index is 0.719. The third-order valence-electron chi connectivity index (χ3n) is 4.16. The maximum Gasteiger partial charge on any atom is 0.159 e. The van der Waals surface area contributed by atoms with Gasteiger partial charge in [-0.2, -0.15) is 0 Å². The van der Waals surface area contributed by atoms with E-state index in [9.17, 15) is 0 Å². The fourth-order valence-corrected chi connectivity index (χ4v) is 2.42. The molecule has 23 heavy (non-hydrogen) atoms. The van der Waals surface area contributed by atoms with Gasteiger partial charge in [-0.15, -0.1) is 0 Å². The standard InChI is InChI=1S/C20H27N2O/c1-3-17(2)11-7-4-5-10-14-23-19-15-21-20(22-16-19)18-12-8-6-9-13-18/h8-9,12-13,15-17H,3-5,7,10-11,14H2,1-2H3/t17-/m0/s1. The van der Waals surface area contributed by atoms with Gasteiger partial charge in [-0.25, -0.2) is 9.97 Å². The second kappa shape index (κ2) is 9.98. The molecule has 1 aromatic heterocycles. The minimum Gasteiger partial charge on any atom is -0.490 e. The molecule has 1 heterocycles. The molecule has 0 bridgehead atoms. The first kappa shape index (κ1) is 17.5. The van der Waals surface area contributed by atoms with Gasteiger partial charge in [0.15, 0.2) is 11.6 Å². The number of aromatic nitrogens is 2. The fraction of sp³-hybridized carbons (Fsp3) is 0.500. The van der Waals surface area contributed by atoms with E-state index in [1.54, 1.807) is 12.4 Å². The number of ether oxygens (including phenoxy) is 1. The molecule has 0 saturated heterocycles. The van der Waals surface area contributed by atoms with Crippen LogP contribution >= 0.6 is 0 Å². The molecule has 0 spiro atoms. The van der Waals surface area contributed by atoms with Gasteiger partial charge in [0, 0.05) is 5.56 Å². The first-order valence-corrected chi connectivity index (χ1v) is 8.71. The van der Waals surface area contributed by atoms with Crippen LogP contribution in [0.2, 0.25) is 0 Å². The summed E-state index contributed by atoms with van der Waals surface area (Å²) in [5.41, 5.74) is 0.997. The van der Waals surface area contributed by atoms with Gasteiger partial charge >= 0.3 is 0 Å². The predicted octanol–water partition coefficient (Wildman–Crippen LogP) is 5.32. The molecule has 1 radical (unpaired) electrons. The molecule has 123 valence electrons. The van der Waals surface area contributed by atoms with Crippen molar-refractivity contribution >= 4 is 0 Å². The van der Waals surface area contributed by atoms with Crippen molar-refractivity contribution in [3.8, 4) is 17.1 Å². The average Bonchev–Trinajstić information content (AvgIpc) is 2.62. The van der Waals surface area contributed by atoms with Crippen molar-refractivity contribution in [3.05, 3.63) is 42.7 Å². The van der Waals surface area contributed by atoms with Gasteiger partial charge in [0.05, 0.1) is 19.0 Å². The molecule has 0 aliphatic carbocycles.